The Kier molecular flexibility index (Phi) is 3.14. The molecule has 6 heteroatoms. The second kappa shape index (κ2) is 4.96. The summed E-state index contributed by atoms with van der Waals surface area (Å²) in [5, 5.41) is 10.1. The number of carbonyl (C=O) groups excluding carboxylic acids is 1. The monoisotopic (exact) mass is 274 g/mol. The molecule has 0 saturated carbocycles. The number of aromatic nitrogens is 2. The third-order valence-corrected chi connectivity index (χ3v) is 3.51. The van der Waals surface area contributed by atoms with Crippen molar-refractivity contribution in [3.8, 4) is 0 Å². The van der Waals surface area contributed by atoms with Gasteiger partial charge in [0.1, 0.15) is 5.82 Å². The summed E-state index contributed by atoms with van der Waals surface area (Å²) in [6.07, 6.45) is 0.737. The molecule has 1 amide bonds. The Morgan fingerprint density at radius 3 is 3.00 bits per heavy atom. The van der Waals surface area contributed by atoms with Crippen LogP contribution in [0.3, 0.4) is 0 Å². The second-order valence-electron chi connectivity index (χ2n) is 4.82. The number of nitrogens with zero attached hydrogens (tertiary/aromatic N) is 2. The average Bonchev–Trinajstić information content (AvgIpc) is 2.84. The number of benzene rings is 1. The summed E-state index contributed by atoms with van der Waals surface area (Å²) in [5.74, 6) is 0.285. The number of para-hydroxylation sites is 1. The van der Waals surface area contributed by atoms with Gasteiger partial charge < -0.3 is 10.2 Å². The van der Waals surface area contributed by atoms with Gasteiger partial charge in [-0.2, -0.15) is 5.10 Å². The van der Waals surface area contributed by atoms with Crippen LogP contribution in [-0.4, -0.2) is 27.5 Å². The van der Waals surface area contributed by atoms with Crippen LogP contribution >= 0.6 is 0 Å². The van der Waals surface area contributed by atoms with E-state index in [1.807, 2.05) is 0 Å². The molecule has 3 rings (SSSR count). The Morgan fingerprint density at radius 1 is 1.45 bits per heavy atom. The molecule has 0 aliphatic carbocycles. The number of fused-ring (bicyclic) bond motifs is 1. The van der Waals surface area contributed by atoms with Gasteiger partial charge in [0.25, 0.3) is 0 Å². The lowest BCUT2D eigenvalue weighted by Gasteiger charge is -2.25. The first-order valence-corrected chi connectivity index (χ1v) is 6.48. The molecule has 2 N–H and O–H groups in total. The fourth-order valence-electron chi connectivity index (χ4n) is 2.36. The van der Waals surface area contributed by atoms with Gasteiger partial charge in [0.05, 0.1) is 12.2 Å². The Bertz CT molecular complexity index is 652. The number of halogens is 1. The quantitative estimate of drug-likeness (QED) is 0.882. The maximum atomic E-state index is 13.7. The number of nitrogens with one attached hydrogen (secondary N) is 2. The third kappa shape index (κ3) is 2.24. The molecule has 104 valence electrons. The molecule has 20 heavy (non-hydrogen) atoms. The predicted molar refractivity (Wildman–Crippen MR) is 73.1 cm³/mol. The van der Waals surface area contributed by atoms with Crippen molar-refractivity contribution in [2.75, 3.05) is 11.9 Å². The fraction of sp³-hybridized carbons (Fsp3) is 0.286. The van der Waals surface area contributed by atoms with Gasteiger partial charge >= 0.3 is 0 Å². The van der Waals surface area contributed by atoms with Crippen molar-refractivity contribution in [2.24, 2.45) is 0 Å². The van der Waals surface area contributed by atoms with E-state index in [-0.39, 0.29) is 11.7 Å². The van der Waals surface area contributed by atoms with Crippen molar-refractivity contribution in [1.82, 2.24) is 15.1 Å². The molecule has 1 aliphatic rings. The van der Waals surface area contributed by atoms with Crippen molar-refractivity contribution in [3.63, 3.8) is 0 Å². The van der Waals surface area contributed by atoms with Gasteiger partial charge in [-0.1, -0.05) is 12.1 Å². The van der Waals surface area contributed by atoms with Gasteiger partial charge in [-0.3, -0.25) is 9.89 Å². The van der Waals surface area contributed by atoms with E-state index in [0.29, 0.717) is 24.6 Å². The van der Waals surface area contributed by atoms with Crippen LogP contribution in [0.4, 0.5) is 15.9 Å². The minimum atomic E-state index is -0.330. The molecule has 0 unspecified atom stereocenters. The van der Waals surface area contributed by atoms with E-state index >= 15 is 0 Å². The van der Waals surface area contributed by atoms with Gasteiger partial charge in [0.15, 0.2) is 5.82 Å². The van der Waals surface area contributed by atoms with Gasteiger partial charge in [0.2, 0.25) is 5.91 Å². The first-order chi connectivity index (χ1) is 9.65. The van der Waals surface area contributed by atoms with Crippen molar-refractivity contribution >= 4 is 17.4 Å². The molecule has 1 aromatic carbocycles. The molecule has 0 bridgehead atoms. The van der Waals surface area contributed by atoms with Crippen LogP contribution in [0, 0.1) is 5.82 Å². The second-order valence-corrected chi connectivity index (χ2v) is 4.82. The van der Waals surface area contributed by atoms with Crippen LogP contribution in [0.15, 0.2) is 24.3 Å². The lowest BCUT2D eigenvalue weighted by atomic mass is 10.1. The molecule has 1 aliphatic heterocycles. The Labute approximate surface area is 115 Å². The number of amides is 1. The topological polar surface area (TPSA) is 61.0 Å². The summed E-state index contributed by atoms with van der Waals surface area (Å²) < 4.78 is 13.7. The van der Waals surface area contributed by atoms with E-state index in [1.54, 1.807) is 30.0 Å². The first kappa shape index (κ1) is 12.7. The number of carbonyl (C=O) groups is 1. The lowest BCUT2D eigenvalue weighted by Crippen LogP contribution is -2.34. The number of rotatable bonds is 2. The summed E-state index contributed by atoms with van der Waals surface area (Å²) in [6.45, 7) is 2.73. The zero-order valence-electron chi connectivity index (χ0n) is 11.1. The zero-order chi connectivity index (χ0) is 14.1. The summed E-state index contributed by atoms with van der Waals surface area (Å²) in [4.78, 5) is 13.2. The first-order valence-electron chi connectivity index (χ1n) is 6.48. The van der Waals surface area contributed by atoms with Crippen molar-refractivity contribution in [2.45, 2.75) is 19.9 Å². The number of H-pyrrole nitrogens is 1. The average molecular weight is 274 g/mol. The van der Waals surface area contributed by atoms with Crippen LogP contribution in [0.25, 0.3) is 0 Å². The lowest BCUT2D eigenvalue weighted by molar-refractivity contribution is -0.129. The van der Waals surface area contributed by atoms with Crippen molar-refractivity contribution < 1.29 is 9.18 Å². The number of anilines is 2. The highest BCUT2D eigenvalue weighted by Crippen LogP contribution is 2.27. The van der Waals surface area contributed by atoms with E-state index in [9.17, 15) is 9.18 Å². The van der Waals surface area contributed by atoms with E-state index in [4.69, 9.17) is 0 Å². The largest absolute Gasteiger partial charge is 0.338 e. The highest BCUT2D eigenvalue weighted by Gasteiger charge is 2.23. The summed E-state index contributed by atoms with van der Waals surface area (Å²) in [7, 11) is 0. The molecule has 0 fully saturated rings. The van der Waals surface area contributed by atoms with Gasteiger partial charge in [-0.15, -0.1) is 0 Å². The highest BCUT2D eigenvalue weighted by molar-refractivity contribution is 5.74. The molecule has 0 radical (unpaired) electrons. The van der Waals surface area contributed by atoms with Crippen molar-refractivity contribution in [1.29, 1.82) is 0 Å². The number of hydrogen-bond donors (Lipinski definition) is 2. The molecule has 5 nitrogen and oxygen atoms in total. The predicted octanol–water partition coefficient (Wildman–Crippen LogP) is 2.20. The molecule has 2 heterocycles. The van der Waals surface area contributed by atoms with Crippen LogP contribution in [0.2, 0.25) is 0 Å². The third-order valence-electron chi connectivity index (χ3n) is 3.51. The van der Waals surface area contributed by atoms with E-state index in [0.717, 1.165) is 17.7 Å². The van der Waals surface area contributed by atoms with Crippen molar-refractivity contribution in [3.05, 3.63) is 41.3 Å². The number of hydrogen-bond acceptors (Lipinski definition) is 3. The Hall–Kier alpha value is -2.37. The molecule has 0 atom stereocenters. The van der Waals surface area contributed by atoms with Gasteiger partial charge in [0, 0.05) is 31.1 Å². The maximum Gasteiger partial charge on any atom is 0.219 e. The van der Waals surface area contributed by atoms with E-state index < -0.39 is 0 Å². The Morgan fingerprint density at radius 2 is 2.25 bits per heavy atom. The standard InChI is InChI=1S/C14H15FN4O/c1-9(20)19-7-6-12-10(8-19)14(18-17-12)16-13-5-3-2-4-11(13)15/h2-5H,6-8H2,1H3,(H2,16,17,18). The van der Waals surface area contributed by atoms with Crippen LogP contribution in [-0.2, 0) is 17.8 Å². The van der Waals surface area contributed by atoms with Gasteiger partial charge in [-0.05, 0) is 12.1 Å². The van der Waals surface area contributed by atoms with E-state index in [2.05, 4.69) is 15.5 Å². The maximum absolute atomic E-state index is 13.7. The Balaban J connectivity index is 1.88. The highest BCUT2D eigenvalue weighted by atomic mass is 19.1. The summed E-state index contributed by atoms with van der Waals surface area (Å²) in [6, 6.07) is 6.44. The molecule has 0 spiro atoms. The summed E-state index contributed by atoms with van der Waals surface area (Å²) in [5.41, 5.74) is 2.30. The molecule has 2 aromatic rings. The molecular formula is C14H15FN4O. The summed E-state index contributed by atoms with van der Waals surface area (Å²) >= 11 is 0. The molecular weight excluding hydrogens is 259 g/mol. The SMILES string of the molecule is CC(=O)N1CCc2[nH]nc(Nc3ccccc3F)c2C1. The van der Waals surface area contributed by atoms with Crippen LogP contribution in [0.5, 0.6) is 0 Å². The minimum absolute atomic E-state index is 0.0358. The fourth-order valence-corrected chi connectivity index (χ4v) is 2.36. The van der Waals surface area contributed by atoms with Gasteiger partial charge in [-0.25, -0.2) is 4.39 Å². The number of aromatic amines is 1. The minimum Gasteiger partial charge on any atom is -0.338 e. The molecule has 1 aromatic heterocycles. The zero-order valence-corrected chi connectivity index (χ0v) is 11.1. The van der Waals surface area contributed by atoms with E-state index in [1.165, 1.54) is 6.07 Å². The molecule has 0 saturated heterocycles. The van der Waals surface area contributed by atoms with Crippen LogP contribution < -0.4 is 5.32 Å². The normalized spacial score (nSPS) is 14.0. The smallest absolute Gasteiger partial charge is 0.219 e. The van der Waals surface area contributed by atoms with Crippen LogP contribution in [0.1, 0.15) is 18.2 Å².